The van der Waals surface area contributed by atoms with E-state index in [4.69, 9.17) is 0 Å². The van der Waals surface area contributed by atoms with Gasteiger partial charge >= 0.3 is 0 Å². The van der Waals surface area contributed by atoms with Gasteiger partial charge in [0.05, 0.1) is 0 Å². The Labute approximate surface area is 159 Å². The Morgan fingerprint density at radius 2 is 1.00 bits per heavy atom. The Hall–Kier alpha value is -0.660. The van der Waals surface area contributed by atoms with Gasteiger partial charge in [0, 0.05) is 25.5 Å². The molecule has 0 aromatic carbocycles. The monoisotopic (exact) mass is 350 g/mol. The SMILES string of the molecule is CCCCCCCCCCN1C=CN(CCC)C1CCCCCCC. The zero-order valence-corrected chi connectivity index (χ0v) is 17.6. The molecule has 0 saturated heterocycles. The summed E-state index contributed by atoms with van der Waals surface area (Å²) in [6.07, 6.45) is 26.2. The summed E-state index contributed by atoms with van der Waals surface area (Å²) in [5.74, 6) is 0. The Bertz CT molecular complexity index is 313. The van der Waals surface area contributed by atoms with Crippen LogP contribution >= 0.6 is 0 Å². The van der Waals surface area contributed by atoms with Gasteiger partial charge in [0.2, 0.25) is 0 Å². The zero-order chi connectivity index (χ0) is 18.2. The third-order valence-electron chi connectivity index (χ3n) is 5.53. The van der Waals surface area contributed by atoms with Crippen LogP contribution in [0.3, 0.4) is 0 Å². The highest BCUT2D eigenvalue weighted by atomic mass is 15.4. The van der Waals surface area contributed by atoms with Crippen molar-refractivity contribution in [3.05, 3.63) is 12.4 Å². The molecule has 1 unspecified atom stereocenters. The predicted octanol–water partition coefficient (Wildman–Crippen LogP) is 7.31. The lowest BCUT2D eigenvalue weighted by Crippen LogP contribution is -2.39. The zero-order valence-electron chi connectivity index (χ0n) is 17.6. The van der Waals surface area contributed by atoms with Crippen molar-refractivity contribution < 1.29 is 0 Å². The van der Waals surface area contributed by atoms with Gasteiger partial charge in [-0.1, -0.05) is 91.4 Å². The van der Waals surface area contributed by atoms with Crippen LogP contribution < -0.4 is 0 Å². The van der Waals surface area contributed by atoms with Crippen LogP contribution in [-0.2, 0) is 0 Å². The molecule has 2 heteroatoms. The third-order valence-corrected chi connectivity index (χ3v) is 5.53. The van der Waals surface area contributed by atoms with Gasteiger partial charge in [0.25, 0.3) is 0 Å². The molecule has 0 spiro atoms. The van der Waals surface area contributed by atoms with Gasteiger partial charge in [-0.05, 0) is 25.7 Å². The van der Waals surface area contributed by atoms with Crippen molar-refractivity contribution >= 4 is 0 Å². The fourth-order valence-corrected chi connectivity index (χ4v) is 3.96. The van der Waals surface area contributed by atoms with Crippen molar-refractivity contribution in [2.45, 2.75) is 123 Å². The van der Waals surface area contributed by atoms with Gasteiger partial charge in [-0.2, -0.15) is 0 Å². The fraction of sp³-hybridized carbons (Fsp3) is 0.913. The summed E-state index contributed by atoms with van der Waals surface area (Å²) < 4.78 is 0. The van der Waals surface area contributed by atoms with Crippen LogP contribution in [0, 0.1) is 0 Å². The molecule has 0 bridgehead atoms. The smallest absolute Gasteiger partial charge is 0.101 e. The van der Waals surface area contributed by atoms with E-state index < -0.39 is 0 Å². The van der Waals surface area contributed by atoms with Crippen LogP contribution in [0.25, 0.3) is 0 Å². The van der Waals surface area contributed by atoms with Crippen molar-refractivity contribution in [1.29, 1.82) is 0 Å². The third kappa shape index (κ3) is 10.2. The molecule has 1 atom stereocenters. The Morgan fingerprint density at radius 1 is 0.520 bits per heavy atom. The Kier molecular flexibility index (Phi) is 14.0. The summed E-state index contributed by atoms with van der Waals surface area (Å²) in [7, 11) is 0. The van der Waals surface area contributed by atoms with E-state index >= 15 is 0 Å². The second-order valence-electron chi connectivity index (χ2n) is 7.93. The lowest BCUT2D eigenvalue weighted by Gasteiger charge is -2.33. The van der Waals surface area contributed by atoms with Crippen LogP contribution in [0.2, 0.25) is 0 Å². The van der Waals surface area contributed by atoms with Gasteiger partial charge in [-0.3, -0.25) is 0 Å². The molecule has 148 valence electrons. The molecule has 0 aliphatic carbocycles. The number of nitrogens with zero attached hydrogens (tertiary/aromatic N) is 2. The van der Waals surface area contributed by atoms with E-state index in [-0.39, 0.29) is 0 Å². The first-order valence-corrected chi connectivity index (χ1v) is 11.5. The second kappa shape index (κ2) is 15.6. The predicted molar refractivity (Wildman–Crippen MR) is 113 cm³/mol. The van der Waals surface area contributed by atoms with Crippen molar-refractivity contribution in [3.8, 4) is 0 Å². The number of rotatable bonds is 17. The summed E-state index contributed by atoms with van der Waals surface area (Å²) in [4.78, 5) is 5.22. The lowest BCUT2D eigenvalue weighted by atomic mass is 10.1. The van der Waals surface area contributed by atoms with Crippen LogP contribution in [0.5, 0.6) is 0 Å². The normalized spacial score (nSPS) is 17.0. The molecule has 1 rings (SSSR count). The molecule has 0 N–H and O–H groups in total. The van der Waals surface area contributed by atoms with Gasteiger partial charge < -0.3 is 9.80 Å². The van der Waals surface area contributed by atoms with Crippen LogP contribution in [0.4, 0.5) is 0 Å². The molecule has 0 fully saturated rings. The quantitative estimate of drug-likeness (QED) is 0.254. The molecule has 2 nitrogen and oxygen atoms in total. The Morgan fingerprint density at radius 3 is 1.56 bits per heavy atom. The fourth-order valence-electron chi connectivity index (χ4n) is 3.96. The van der Waals surface area contributed by atoms with Crippen molar-refractivity contribution in [1.82, 2.24) is 9.80 Å². The largest absolute Gasteiger partial charge is 0.356 e. The molecule has 25 heavy (non-hydrogen) atoms. The molecule has 0 amide bonds. The Balaban J connectivity index is 2.19. The highest BCUT2D eigenvalue weighted by Crippen LogP contribution is 2.23. The first-order valence-electron chi connectivity index (χ1n) is 11.5. The first kappa shape index (κ1) is 22.4. The van der Waals surface area contributed by atoms with E-state index in [1.807, 2.05) is 0 Å². The summed E-state index contributed by atoms with van der Waals surface area (Å²) in [6.45, 7) is 9.36. The molecule has 0 saturated carbocycles. The summed E-state index contributed by atoms with van der Waals surface area (Å²) in [6, 6.07) is 0. The molecule has 1 aliphatic rings. The molecule has 1 aliphatic heterocycles. The first-order chi connectivity index (χ1) is 12.3. The van der Waals surface area contributed by atoms with E-state index in [1.54, 1.807) is 0 Å². The molecule has 0 aromatic heterocycles. The minimum absolute atomic E-state index is 0.645. The van der Waals surface area contributed by atoms with Crippen molar-refractivity contribution in [2.24, 2.45) is 0 Å². The minimum atomic E-state index is 0.645. The number of unbranched alkanes of at least 4 members (excludes halogenated alkanes) is 11. The minimum Gasteiger partial charge on any atom is -0.356 e. The highest BCUT2D eigenvalue weighted by molar-refractivity contribution is 4.96. The van der Waals surface area contributed by atoms with Gasteiger partial charge in [-0.25, -0.2) is 0 Å². The maximum absolute atomic E-state index is 2.63. The summed E-state index contributed by atoms with van der Waals surface area (Å²) in [5, 5.41) is 0. The van der Waals surface area contributed by atoms with E-state index in [0.717, 1.165) is 0 Å². The van der Waals surface area contributed by atoms with Crippen molar-refractivity contribution in [2.75, 3.05) is 13.1 Å². The summed E-state index contributed by atoms with van der Waals surface area (Å²) >= 11 is 0. The van der Waals surface area contributed by atoms with Crippen molar-refractivity contribution in [3.63, 3.8) is 0 Å². The van der Waals surface area contributed by atoms with E-state index in [1.165, 1.54) is 109 Å². The lowest BCUT2D eigenvalue weighted by molar-refractivity contribution is 0.137. The number of hydrogen-bond acceptors (Lipinski definition) is 2. The maximum atomic E-state index is 2.63. The standard InChI is InChI=1S/C23H46N2/c1-4-7-9-11-12-13-15-17-20-25-22-21-24(19-6-3)23(25)18-16-14-10-8-5-2/h21-23H,4-20H2,1-3H3. The van der Waals surface area contributed by atoms with E-state index in [2.05, 4.69) is 43.0 Å². The average Bonchev–Trinajstić information content (AvgIpc) is 2.99. The summed E-state index contributed by atoms with van der Waals surface area (Å²) in [5.41, 5.74) is 0. The van der Waals surface area contributed by atoms with Gasteiger partial charge in [-0.15, -0.1) is 0 Å². The van der Waals surface area contributed by atoms with Crippen LogP contribution in [0.15, 0.2) is 12.4 Å². The highest BCUT2D eigenvalue weighted by Gasteiger charge is 2.24. The van der Waals surface area contributed by atoms with Gasteiger partial charge in [0.1, 0.15) is 6.17 Å². The molecule has 0 aromatic rings. The molecule has 1 heterocycles. The maximum Gasteiger partial charge on any atom is 0.101 e. The molecular formula is C23H46N2. The van der Waals surface area contributed by atoms with Crippen LogP contribution in [0.1, 0.15) is 117 Å². The molecular weight excluding hydrogens is 304 g/mol. The van der Waals surface area contributed by atoms with Crippen LogP contribution in [-0.4, -0.2) is 29.1 Å². The second-order valence-corrected chi connectivity index (χ2v) is 7.93. The topological polar surface area (TPSA) is 6.48 Å². The van der Waals surface area contributed by atoms with Gasteiger partial charge in [0.15, 0.2) is 0 Å². The number of hydrogen-bond donors (Lipinski definition) is 0. The average molecular weight is 351 g/mol. The van der Waals surface area contributed by atoms with E-state index in [9.17, 15) is 0 Å². The van der Waals surface area contributed by atoms with E-state index in [0.29, 0.717) is 6.17 Å². The molecule has 0 radical (unpaired) electrons.